The zero-order valence-electron chi connectivity index (χ0n) is 5.41. The van der Waals surface area contributed by atoms with Crippen molar-refractivity contribution in [3.63, 3.8) is 0 Å². The van der Waals surface area contributed by atoms with Crippen LogP contribution in [-0.4, -0.2) is 0 Å². The first-order valence-electron chi connectivity index (χ1n) is 3.16. The highest BCUT2D eigenvalue weighted by atomic mass is 14.4. The third kappa shape index (κ3) is 0.468. The van der Waals surface area contributed by atoms with Gasteiger partial charge in [-0.1, -0.05) is 13.8 Å². The van der Waals surface area contributed by atoms with E-state index in [-0.39, 0.29) is 0 Å². The molecule has 0 radical (unpaired) electrons. The molecular weight excluding hydrogens is 96.1 g/mol. The standard InChI is InChI=1S/C8H10/c1-8(2)4-6-3-7(6)5-8/h4-5H2,1-2H3. The second-order valence-corrected chi connectivity index (χ2v) is 3.60. The number of allylic oxidation sites excluding steroid dienone is 1. The molecule has 2 aliphatic rings. The predicted molar refractivity (Wildman–Crippen MR) is 33.6 cm³/mol. The molecule has 0 aromatic heterocycles. The van der Waals surface area contributed by atoms with Crippen LogP contribution in [0.3, 0.4) is 0 Å². The maximum atomic E-state index is 3.26. The van der Waals surface area contributed by atoms with Crippen LogP contribution in [0.15, 0.2) is 16.9 Å². The molecule has 8 heavy (non-hydrogen) atoms. The van der Waals surface area contributed by atoms with Crippen molar-refractivity contribution in [1.29, 1.82) is 0 Å². The summed E-state index contributed by atoms with van der Waals surface area (Å²) in [7, 11) is 0. The lowest BCUT2D eigenvalue weighted by Gasteiger charge is -2.13. The summed E-state index contributed by atoms with van der Waals surface area (Å²) in [6, 6.07) is 0. The van der Waals surface area contributed by atoms with Gasteiger partial charge in [0.15, 0.2) is 0 Å². The topological polar surface area (TPSA) is 0 Å². The third-order valence-electron chi connectivity index (χ3n) is 1.91. The molecule has 42 valence electrons. The van der Waals surface area contributed by atoms with Crippen molar-refractivity contribution < 1.29 is 0 Å². The molecular formula is C8H10. The molecule has 1 saturated carbocycles. The Morgan fingerprint density at radius 1 is 1.25 bits per heavy atom. The van der Waals surface area contributed by atoms with E-state index in [0.29, 0.717) is 5.41 Å². The van der Waals surface area contributed by atoms with Crippen LogP contribution in [0, 0.1) is 5.41 Å². The highest BCUT2D eigenvalue weighted by molar-refractivity contribution is 5.49. The number of hydrogen-bond donors (Lipinski definition) is 0. The second kappa shape index (κ2) is 0.942. The van der Waals surface area contributed by atoms with Crippen LogP contribution in [0.25, 0.3) is 0 Å². The van der Waals surface area contributed by atoms with Crippen molar-refractivity contribution in [3.05, 3.63) is 16.9 Å². The lowest BCUT2D eigenvalue weighted by Crippen LogP contribution is -2.03. The van der Waals surface area contributed by atoms with E-state index >= 15 is 0 Å². The van der Waals surface area contributed by atoms with E-state index in [4.69, 9.17) is 0 Å². The van der Waals surface area contributed by atoms with Gasteiger partial charge in [-0.05, 0) is 18.3 Å². The van der Waals surface area contributed by atoms with Crippen molar-refractivity contribution in [2.45, 2.75) is 26.7 Å². The van der Waals surface area contributed by atoms with Crippen molar-refractivity contribution in [2.75, 3.05) is 0 Å². The van der Waals surface area contributed by atoms with Gasteiger partial charge in [0.25, 0.3) is 0 Å². The molecule has 0 atom stereocenters. The molecule has 0 bridgehead atoms. The van der Waals surface area contributed by atoms with E-state index in [1.807, 2.05) is 0 Å². The Kier molecular flexibility index (Phi) is 0.519. The second-order valence-electron chi connectivity index (χ2n) is 3.60. The van der Waals surface area contributed by atoms with Gasteiger partial charge in [0.1, 0.15) is 0 Å². The highest BCUT2D eigenvalue weighted by Gasteiger charge is 2.35. The molecule has 2 rings (SSSR count). The van der Waals surface area contributed by atoms with E-state index in [2.05, 4.69) is 19.6 Å². The van der Waals surface area contributed by atoms with Gasteiger partial charge in [-0.2, -0.15) is 0 Å². The predicted octanol–water partition coefficient (Wildman–Crippen LogP) is 2.27. The molecule has 0 heteroatoms. The summed E-state index contributed by atoms with van der Waals surface area (Å²) < 4.78 is 0. The van der Waals surface area contributed by atoms with Crippen LogP contribution in [0.5, 0.6) is 0 Å². The summed E-state index contributed by atoms with van der Waals surface area (Å²) >= 11 is 0. The smallest absolute Gasteiger partial charge is 0.00577 e. The molecule has 0 aromatic carbocycles. The average Bonchev–Trinajstić information content (AvgIpc) is 2.11. The van der Waals surface area contributed by atoms with Crippen molar-refractivity contribution in [2.24, 2.45) is 5.41 Å². The summed E-state index contributed by atoms with van der Waals surface area (Å²) in [5.41, 5.74) is 6.88. The van der Waals surface area contributed by atoms with Gasteiger partial charge in [0.05, 0.1) is 0 Å². The van der Waals surface area contributed by atoms with Crippen molar-refractivity contribution in [3.8, 4) is 0 Å². The number of rotatable bonds is 0. The van der Waals surface area contributed by atoms with E-state index in [0.717, 1.165) is 0 Å². The van der Waals surface area contributed by atoms with Crippen LogP contribution in [0.2, 0.25) is 0 Å². The Morgan fingerprint density at radius 2 is 1.75 bits per heavy atom. The van der Waals surface area contributed by atoms with Crippen LogP contribution in [0.4, 0.5) is 0 Å². The molecule has 0 amide bonds. The largest absolute Gasteiger partial charge is 0.112 e. The Labute approximate surface area is 49.9 Å². The molecule has 0 heterocycles. The van der Waals surface area contributed by atoms with E-state index in [9.17, 15) is 0 Å². The van der Waals surface area contributed by atoms with Gasteiger partial charge >= 0.3 is 0 Å². The molecule has 1 fully saturated rings. The molecule has 2 aliphatic carbocycles. The summed E-state index contributed by atoms with van der Waals surface area (Å²) in [4.78, 5) is 0. The quantitative estimate of drug-likeness (QED) is 0.415. The van der Waals surface area contributed by atoms with Gasteiger partial charge in [0.2, 0.25) is 0 Å². The summed E-state index contributed by atoms with van der Waals surface area (Å²) in [6.07, 6.45) is 2.56. The molecule has 0 nitrogen and oxygen atoms in total. The lowest BCUT2D eigenvalue weighted by atomic mass is 9.91. The SMILES string of the molecule is CC1(C)CC2=C=C2C1. The van der Waals surface area contributed by atoms with Gasteiger partial charge in [-0.3, -0.25) is 0 Å². The molecule has 0 spiro atoms. The molecule has 0 saturated heterocycles. The lowest BCUT2D eigenvalue weighted by molar-refractivity contribution is 0.399. The van der Waals surface area contributed by atoms with Crippen molar-refractivity contribution >= 4 is 0 Å². The first-order valence-corrected chi connectivity index (χ1v) is 3.16. The van der Waals surface area contributed by atoms with Crippen molar-refractivity contribution in [1.82, 2.24) is 0 Å². The third-order valence-corrected chi connectivity index (χ3v) is 1.91. The summed E-state index contributed by atoms with van der Waals surface area (Å²) in [5, 5.41) is 0. The minimum absolute atomic E-state index is 0.579. The molecule has 0 N–H and O–H groups in total. The fraction of sp³-hybridized carbons (Fsp3) is 0.625. The Bertz CT molecular complexity index is 182. The highest BCUT2D eigenvalue weighted by Crippen LogP contribution is 2.49. The fourth-order valence-corrected chi connectivity index (χ4v) is 1.47. The first kappa shape index (κ1) is 4.40. The summed E-state index contributed by atoms with van der Waals surface area (Å²) in [6.45, 7) is 4.64. The fourth-order valence-electron chi connectivity index (χ4n) is 1.47. The van der Waals surface area contributed by atoms with Crippen LogP contribution < -0.4 is 0 Å². The zero-order chi connectivity index (χ0) is 5.78. The number of hydrogen-bond acceptors (Lipinski definition) is 0. The maximum absolute atomic E-state index is 3.26. The van der Waals surface area contributed by atoms with Gasteiger partial charge in [0, 0.05) is 11.1 Å². The number of fused-ring (bicyclic) bond motifs is 1. The maximum Gasteiger partial charge on any atom is 0.00577 e. The van der Waals surface area contributed by atoms with Crippen LogP contribution >= 0.6 is 0 Å². The monoisotopic (exact) mass is 106 g/mol. The van der Waals surface area contributed by atoms with Crippen LogP contribution in [0.1, 0.15) is 26.7 Å². The Morgan fingerprint density at radius 3 is 2.00 bits per heavy atom. The van der Waals surface area contributed by atoms with Gasteiger partial charge in [-0.25, -0.2) is 0 Å². The summed E-state index contributed by atoms with van der Waals surface area (Å²) in [5.74, 6) is 0. The Balaban J connectivity index is 2.20. The van der Waals surface area contributed by atoms with E-state index in [1.165, 1.54) is 24.0 Å². The molecule has 0 aliphatic heterocycles. The average molecular weight is 106 g/mol. The van der Waals surface area contributed by atoms with Gasteiger partial charge < -0.3 is 0 Å². The van der Waals surface area contributed by atoms with E-state index in [1.54, 1.807) is 0 Å². The Hall–Kier alpha value is -0.480. The zero-order valence-corrected chi connectivity index (χ0v) is 5.41. The normalized spacial score (nSPS) is 28.8. The van der Waals surface area contributed by atoms with Crippen LogP contribution in [-0.2, 0) is 0 Å². The first-order chi connectivity index (χ1) is 3.67. The molecule has 0 aromatic rings. The molecule has 0 unspecified atom stereocenters. The minimum atomic E-state index is 0.579. The van der Waals surface area contributed by atoms with E-state index < -0.39 is 0 Å². The van der Waals surface area contributed by atoms with Gasteiger partial charge in [-0.15, -0.1) is 5.73 Å². The minimum Gasteiger partial charge on any atom is -0.112 e.